The second-order valence-electron chi connectivity index (χ2n) is 4.57. The number of aromatic nitrogens is 2. The Hall–Kier alpha value is -2.05. The summed E-state index contributed by atoms with van der Waals surface area (Å²) in [5.41, 5.74) is 8.83. The largest absolute Gasteiger partial charge is 0.493 e. The number of nitrogens with zero attached hydrogens (tertiary/aromatic N) is 2. The fourth-order valence-electron chi connectivity index (χ4n) is 2.42. The molecule has 6 heteroatoms. The summed E-state index contributed by atoms with van der Waals surface area (Å²) in [6, 6.07) is 5.84. The molecule has 0 fully saturated rings. The predicted molar refractivity (Wildman–Crippen MR) is 84.4 cm³/mol. The minimum absolute atomic E-state index is 0.587. The Morgan fingerprint density at radius 3 is 2.76 bits per heavy atom. The molecular weight excluding hydrogens is 286 g/mol. The molecule has 0 aliphatic carbocycles. The zero-order valence-corrected chi connectivity index (χ0v) is 12.8. The minimum Gasteiger partial charge on any atom is -0.493 e. The van der Waals surface area contributed by atoms with Crippen molar-refractivity contribution in [2.75, 3.05) is 20.8 Å². The molecule has 0 amide bonds. The number of benzene rings is 1. The number of ether oxygens (including phenoxy) is 2. The van der Waals surface area contributed by atoms with E-state index in [9.17, 15) is 0 Å². The van der Waals surface area contributed by atoms with Crippen LogP contribution in [0.1, 0.15) is 5.69 Å². The van der Waals surface area contributed by atoms with Gasteiger partial charge in [0.1, 0.15) is 0 Å². The molecule has 0 aliphatic heterocycles. The van der Waals surface area contributed by atoms with Crippen LogP contribution in [0.4, 0.5) is 0 Å². The van der Waals surface area contributed by atoms with Crippen molar-refractivity contribution in [2.24, 2.45) is 5.73 Å². The summed E-state index contributed by atoms with van der Waals surface area (Å²) in [4.78, 5) is 5.70. The van der Waals surface area contributed by atoms with Crippen molar-refractivity contribution in [3.8, 4) is 22.8 Å². The number of methoxy groups -OCH3 is 2. The smallest absolute Gasteiger partial charge is 0.194 e. The molecule has 110 valence electrons. The number of nitrogens with two attached hydrogens (primary N) is 1. The van der Waals surface area contributed by atoms with E-state index in [1.165, 1.54) is 0 Å². The molecule has 0 aliphatic rings. The molecule has 2 heterocycles. The van der Waals surface area contributed by atoms with E-state index < -0.39 is 0 Å². The number of rotatable bonds is 5. The van der Waals surface area contributed by atoms with Crippen molar-refractivity contribution in [1.82, 2.24) is 9.38 Å². The molecule has 0 spiro atoms. The van der Waals surface area contributed by atoms with E-state index in [2.05, 4.69) is 4.40 Å². The van der Waals surface area contributed by atoms with Gasteiger partial charge in [0.15, 0.2) is 16.5 Å². The summed E-state index contributed by atoms with van der Waals surface area (Å²) in [6.07, 6.45) is 2.81. The van der Waals surface area contributed by atoms with Gasteiger partial charge in [-0.1, -0.05) is 0 Å². The van der Waals surface area contributed by atoms with Crippen molar-refractivity contribution in [1.29, 1.82) is 0 Å². The van der Waals surface area contributed by atoms with Gasteiger partial charge in [-0.2, -0.15) is 0 Å². The number of hydrogen-bond acceptors (Lipinski definition) is 5. The highest BCUT2D eigenvalue weighted by atomic mass is 32.1. The van der Waals surface area contributed by atoms with Crippen molar-refractivity contribution in [3.05, 3.63) is 35.5 Å². The fourth-order valence-corrected chi connectivity index (χ4v) is 3.16. The topological polar surface area (TPSA) is 61.8 Å². The number of imidazole rings is 1. The molecule has 3 rings (SSSR count). The van der Waals surface area contributed by atoms with Crippen LogP contribution in [0.5, 0.6) is 11.5 Å². The molecule has 2 aromatic heterocycles. The van der Waals surface area contributed by atoms with Crippen LogP contribution < -0.4 is 15.2 Å². The monoisotopic (exact) mass is 303 g/mol. The summed E-state index contributed by atoms with van der Waals surface area (Å²) in [7, 11) is 3.26. The van der Waals surface area contributed by atoms with Crippen LogP contribution in [0, 0.1) is 0 Å². The summed E-state index contributed by atoms with van der Waals surface area (Å²) in [5, 5.41) is 2.03. The minimum atomic E-state index is 0.587. The summed E-state index contributed by atoms with van der Waals surface area (Å²) >= 11 is 1.62. The Kier molecular flexibility index (Phi) is 3.81. The lowest BCUT2D eigenvalue weighted by Crippen LogP contribution is -2.05. The SMILES string of the molecule is COc1ccc(-c2nc3sccn3c2CCN)cc1OC. The third kappa shape index (κ3) is 2.36. The van der Waals surface area contributed by atoms with Gasteiger partial charge >= 0.3 is 0 Å². The van der Waals surface area contributed by atoms with Gasteiger partial charge in [0, 0.05) is 23.6 Å². The molecule has 0 radical (unpaired) electrons. The Bertz CT molecular complexity index is 763. The maximum Gasteiger partial charge on any atom is 0.194 e. The summed E-state index contributed by atoms with van der Waals surface area (Å²) in [6.45, 7) is 0.587. The summed E-state index contributed by atoms with van der Waals surface area (Å²) < 4.78 is 12.8. The maximum atomic E-state index is 5.75. The molecule has 0 unspecified atom stereocenters. The van der Waals surface area contributed by atoms with Crippen molar-refractivity contribution in [2.45, 2.75) is 6.42 Å². The molecule has 5 nitrogen and oxygen atoms in total. The van der Waals surface area contributed by atoms with Crippen molar-refractivity contribution in [3.63, 3.8) is 0 Å². The first-order valence-corrected chi connectivity index (χ1v) is 7.53. The third-order valence-electron chi connectivity index (χ3n) is 3.40. The molecule has 21 heavy (non-hydrogen) atoms. The van der Waals surface area contributed by atoms with Gasteiger partial charge in [-0.15, -0.1) is 11.3 Å². The van der Waals surface area contributed by atoms with E-state index in [0.717, 1.165) is 28.3 Å². The van der Waals surface area contributed by atoms with Gasteiger partial charge in [-0.05, 0) is 24.7 Å². The molecule has 3 aromatic rings. The summed E-state index contributed by atoms with van der Waals surface area (Å²) in [5.74, 6) is 1.41. The van der Waals surface area contributed by atoms with Gasteiger partial charge in [0.05, 0.1) is 25.6 Å². The Morgan fingerprint density at radius 1 is 1.24 bits per heavy atom. The van der Waals surface area contributed by atoms with Gasteiger partial charge in [0.2, 0.25) is 0 Å². The lowest BCUT2D eigenvalue weighted by molar-refractivity contribution is 0.355. The van der Waals surface area contributed by atoms with Crippen LogP contribution in [0.15, 0.2) is 29.8 Å². The highest BCUT2D eigenvalue weighted by molar-refractivity contribution is 7.15. The molecule has 0 bridgehead atoms. The van der Waals surface area contributed by atoms with Crippen LogP contribution in [0.25, 0.3) is 16.2 Å². The first kappa shape index (κ1) is 13.9. The molecule has 0 saturated heterocycles. The lowest BCUT2D eigenvalue weighted by atomic mass is 10.1. The van der Waals surface area contributed by atoms with Crippen LogP contribution >= 0.6 is 11.3 Å². The average molecular weight is 303 g/mol. The van der Waals surface area contributed by atoms with E-state index in [0.29, 0.717) is 18.0 Å². The van der Waals surface area contributed by atoms with E-state index in [4.69, 9.17) is 20.2 Å². The Balaban J connectivity index is 2.15. The van der Waals surface area contributed by atoms with E-state index in [-0.39, 0.29) is 0 Å². The second kappa shape index (κ2) is 5.75. The highest BCUT2D eigenvalue weighted by Crippen LogP contribution is 2.34. The van der Waals surface area contributed by atoms with E-state index >= 15 is 0 Å². The average Bonchev–Trinajstić information content (AvgIpc) is 3.09. The van der Waals surface area contributed by atoms with Crippen LogP contribution in [-0.4, -0.2) is 30.1 Å². The quantitative estimate of drug-likeness (QED) is 0.787. The maximum absolute atomic E-state index is 5.75. The van der Waals surface area contributed by atoms with Gasteiger partial charge < -0.3 is 15.2 Å². The fraction of sp³-hybridized carbons (Fsp3) is 0.267. The van der Waals surface area contributed by atoms with Gasteiger partial charge in [0.25, 0.3) is 0 Å². The molecule has 0 saturated carbocycles. The predicted octanol–water partition coefficient (Wildman–Crippen LogP) is 2.58. The van der Waals surface area contributed by atoms with Gasteiger partial charge in [-0.25, -0.2) is 4.98 Å². The van der Waals surface area contributed by atoms with Crippen LogP contribution in [0.3, 0.4) is 0 Å². The zero-order valence-electron chi connectivity index (χ0n) is 12.0. The third-order valence-corrected chi connectivity index (χ3v) is 4.16. The molecule has 1 aromatic carbocycles. The number of hydrogen-bond donors (Lipinski definition) is 1. The highest BCUT2D eigenvalue weighted by Gasteiger charge is 2.16. The number of fused-ring (bicyclic) bond motifs is 1. The van der Waals surface area contributed by atoms with E-state index in [1.54, 1.807) is 25.6 Å². The lowest BCUT2D eigenvalue weighted by Gasteiger charge is -2.09. The van der Waals surface area contributed by atoms with Crippen LogP contribution in [0.2, 0.25) is 0 Å². The Morgan fingerprint density at radius 2 is 2.05 bits per heavy atom. The first-order valence-electron chi connectivity index (χ1n) is 6.65. The standard InChI is InChI=1S/C15H17N3O2S/c1-19-12-4-3-10(9-13(12)20-2)14-11(5-6-16)18-7-8-21-15(18)17-14/h3-4,7-9H,5-6,16H2,1-2H3. The molecular formula is C15H17N3O2S. The zero-order chi connectivity index (χ0) is 14.8. The number of thiazole rings is 1. The van der Waals surface area contributed by atoms with Gasteiger partial charge in [-0.3, -0.25) is 4.40 Å². The van der Waals surface area contributed by atoms with Crippen molar-refractivity contribution < 1.29 is 9.47 Å². The molecule has 0 atom stereocenters. The normalized spacial score (nSPS) is 11.0. The Labute approximate surface area is 126 Å². The van der Waals surface area contributed by atoms with E-state index in [1.807, 2.05) is 29.8 Å². The first-order chi connectivity index (χ1) is 10.3. The molecule has 2 N–H and O–H groups in total. The van der Waals surface area contributed by atoms with Crippen LogP contribution in [-0.2, 0) is 6.42 Å². The van der Waals surface area contributed by atoms with Crippen molar-refractivity contribution >= 4 is 16.3 Å². The second-order valence-corrected chi connectivity index (χ2v) is 5.44.